The van der Waals surface area contributed by atoms with E-state index in [4.69, 9.17) is 14.6 Å². The molecule has 1 rings (SSSR count). The van der Waals surface area contributed by atoms with Gasteiger partial charge in [-0.25, -0.2) is 0 Å². The fourth-order valence-corrected chi connectivity index (χ4v) is 1.17. The lowest BCUT2D eigenvalue weighted by molar-refractivity contribution is -0.278. The minimum Gasteiger partial charge on any atom is -0.388 e. The molecule has 0 radical (unpaired) electrons. The molecule has 78 valence electrons. The van der Waals surface area contributed by atoms with Crippen LogP contribution in [0.4, 0.5) is 0 Å². The number of aliphatic hydroxyl groups is 3. The molecule has 5 nitrogen and oxygen atoms in total. The maximum atomic E-state index is 9.40. The first-order chi connectivity index (χ1) is 6.02. The predicted octanol–water partition coefficient (Wildman–Crippen LogP) is -1.15. The smallest absolute Gasteiger partial charge is 0.186 e. The second-order valence-electron chi connectivity index (χ2n) is 3.44. The van der Waals surface area contributed by atoms with Crippen LogP contribution >= 0.6 is 0 Å². The molecule has 1 aliphatic heterocycles. The molecule has 0 aromatic carbocycles. The van der Waals surface area contributed by atoms with E-state index < -0.39 is 24.6 Å². The SMILES string of the molecule is CC(C)O[C@@H]1OC[C@@H](O)C(O)C1O. The van der Waals surface area contributed by atoms with E-state index in [0.717, 1.165) is 0 Å². The Kier molecular flexibility index (Phi) is 3.63. The Labute approximate surface area is 76.9 Å². The Bertz CT molecular complexity index is 161. The highest BCUT2D eigenvalue weighted by Crippen LogP contribution is 2.17. The van der Waals surface area contributed by atoms with Crippen molar-refractivity contribution in [3.63, 3.8) is 0 Å². The normalized spacial score (nSPS) is 41.1. The second-order valence-corrected chi connectivity index (χ2v) is 3.44. The lowest BCUT2D eigenvalue weighted by atomic mass is 10.1. The van der Waals surface area contributed by atoms with Gasteiger partial charge in [0.05, 0.1) is 12.7 Å². The van der Waals surface area contributed by atoms with E-state index in [9.17, 15) is 10.2 Å². The summed E-state index contributed by atoms with van der Waals surface area (Å²) in [5, 5.41) is 27.8. The zero-order valence-electron chi connectivity index (χ0n) is 7.75. The summed E-state index contributed by atoms with van der Waals surface area (Å²) in [6.45, 7) is 3.58. The molecule has 0 aromatic heterocycles. The van der Waals surface area contributed by atoms with Gasteiger partial charge in [0.2, 0.25) is 0 Å². The van der Waals surface area contributed by atoms with Gasteiger partial charge in [-0.2, -0.15) is 0 Å². The second kappa shape index (κ2) is 4.34. The molecule has 5 heteroatoms. The minimum absolute atomic E-state index is 0.0182. The fourth-order valence-electron chi connectivity index (χ4n) is 1.17. The zero-order chi connectivity index (χ0) is 10.0. The van der Waals surface area contributed by atoms with Gasteiger partial charge in [0, 0.05) is 0 Å². The van der Waals surface area contributed by atoms with E-state index >= 15 is 0 Å². The first kappa shape index (κ1) is 10.9. The third kappa shape index (κ3) is 2.62. The van der Waals surface area contributed by atoms with Crippen molar-refractivity contribution < 1.29 is 24.8 Å². The van der Waals surface area contributed by atoms with Gasteiger partial charge in [-0.15, -0.1) is 0 Å². The molecular formula is C8H16O5. The Morgan fingerprint density at radius 3 is 2.38 bits per heavy atom. The van der Waals surface area contributed by atoms with Crippen molar-refractivity contribution in [3.8, 4) is 0 Å². The molecule has 0 bridgehead atoms. The van der Waals surface area contributed by atoms with E-state index in [2.05, 4.69) is 0 Å². The average molecular weight is 192 g/mol. The van der Waals surface area contributed by atoms with Crippen LogP contribution in [0.25, 0.3) is 0 Å². The fraction of sp³-hybridized carbons (Fsp3) is 1.00. The van der Waals surface area contributed by atoms with Crippen LogP contribution in [0.5, 0.6) is 0 Å². The number of hydrogen-bond acceptors (Lipinski definition) is 5. The highest BCUT2D eigenvalue weighted by Gasteiger charge is 2.38. The molecule has 4 atom stereocenters. The van der Waals surface area contributed by atoms with Crippen molar-refractivity contribution in [2.24, 2.45) is 0 Å². The molecule has 1 heterocycles. The van der Waals surface area contributed by atoms with E-state index in [1.54, 1.807) is 13.8 Å². The maximum absolute atomic E-state index is 9.40. The molecule has 1 aliphatic rings. The van der Waals surface area contributed by atoms with Crippen LogP contribution in [0, 0.1) is 0 Å². The summed E-state index contributed by atoms with van der Waals surface area (Å²) in [6.07, 6.45) is -4.37. The zero-order valence-corrected chi connectivity index (χ0v) is 7.75. The standard InChI is InChI=1S/C8H16O5/c1-4(2)13-8-7(11)6(10)5(9)3-12-8/h4-11H,3H2,1-2H3/t5-,6?,7?,8+/m1/s1. The molecule has 0 aliphatic carbocycles. The Balaban J connectivity index is 2.48. The minimum atomic E-state index is -1.20. The van der Waals surface area contributed by atoms with Crippen LogP contribution in [0.2, 0.25) is 0 Å². The first-order valence-electron chi connectivity index (χ1n) is 4.33. The van der Waals surface area contributed by atoms with Gasteiger partial charge in [0.1, 0.15) is 18.3 Å². The summed E-state index contributed by atoms with van der Waals surface area (Å²) in [4.78, 5) is 0. The van der Waals surface area contributed by atoms with Gasteiger partial charge >= 0.3 is 0 Å². The van der Waals surface area contributed by atoms with Crippen molar-refractivity contribution in [3.05, 3.63) is 0 Å². The highest BCUT2D eigenvalue weighted by atomic mass is 16.7. The summed E-state index contributed by atoms with van der Waals surface area (Å²) in [6, 6.07) is 0. The molecule has 1 fully saturated rings. The molecule has 0 amide bonds. The van der Waals surface area contributed by atoms with Crippen LogP contribution in [0.3, 0.4) is 0 Å². The van der Waals surface area contributed by atoms with Gasteiger partial charge in [-0.3, -0.25) is 0 Å². The van der Waals surface area contributed by atoms with Gasteiger partial charge in [0.25, 0.3) is 0 Å². The Morgan fingerprint density at radius 2 is 1.85 bits per heavy atom. The molecule has 1 saturated heterocycles. The van der Waals surface area contributed by atoms with Gasteiger partial charge in [0.15, 0.2) is 6.29 Å². The number of ether oxygens (including phenoxy) is 2. The largest absolute Gasteiger partial charge is 0.388 e. The average Bonchev–Trinajstić information content (AvgIpc) is 2.06. The molecule has 13 heavy (non-hydrogen) atoms. The predicted molar refractivity (Wildman–Crippen MR) is 44.0 cm³/mol. The monoisotopic (exact) mass is 192 g/mol. The third-order valence-electron chi connectivity index (χ3n) is 1.86. The molecule has 0 spiro atoms. The van der Waals surface area contributed by atoms with E-state index in [-0.39, 0.29) is 12.7 Å². The van der Waals surface area contributed by atoms with Crippen LogP contribution in [-0.2, 0) is 9.47 Å². The van der Waals surface area contributed by atoms with Crippen molar-refractivity contribution in [1.82, 2.24) is 0 Å². The summed E-state index contributed by atoms with van der Waals surface area (Å²) in [7, 11) is 0. The molecule has 2 unspecified atom stereocenters. The molecule has 0 aromatic rings. The van der Waals surface area contributed by atoms with Crippen molar-refractivity contribution in [2.45, 2.75) is 44.6 Å². The maximum Gasteiger partial charge on any atom is 0.186 e. The molecule has 3 N–H and O–H groups in total. The van der Waals surface area contributed by atoms with E-state index in [1.165, 1.54) is 0 Å². The van der Waals surface area contributed by atoms with E-state index in [1.807, 2.05) is 0 Å². The summed E-state index contributed by atoms with van der Waals surface area (Å²) >= 11 is 0. The van der Waals surface area contributed by atoms with Crippen LogP contribution in [-0.4, -0.2) is 52.6 Å². The third-order valence-corrected chi connectivity index (χ3v) is 1.86. The number of hydrogen-bond donors (Lipinski definition) is 3. The highest BCUT2D eigenvalue weighted by molar-refractivity contribution is 4.82. The summed E-state index contributed by atoms with van der Waals surface area (Å²) in [5.41, 5.74) is 0. The van der Waals surface area contributed by atoms with Crippen molar-refractivity contribution in [1.29, 1.82) is 0 Å². The quantitative estimate of drug-likeness (QED) is 0.515. The van der Waals surface area contributed by atoms with Crippen molar-refractivity contribution in [2.75, 3.05) is 6.61 Å². The van der Waals surface area contributed by atoms with E-state index in [0.29, 0.717) is 0 Å². The first-order valence-corrected chi connectivity index (χ1v) is 4.33. The lowest BCUT2D eigenvalue weighted by Crippen LogP contribution is -2.54. The van der Waals surface area contributed by atoms with Crippen LogP contribution in [0.15, 0.2) is 0 Å². The molecular weight excluding hydrogens is 176 g/mol. The summed E-state index contributed by atoms with van der Waals surface area (Å²) < 4.78 is 10.2. The number of aliphatic hydroxyl groups excluding tert-OH is 3. The Morgan fingerprint density at radius 1 is 1.23 bits per heavy atom. The van der Waals surface area contributed by atoms with Gasteiger partial charge < -0.3 is 24.8 Å². The number of rotatable bonds is 2. The van der Waals surface area contributed by atoms with Crippen LogP contribution in [0.1, 0.15) is 13.8 Å². The summed E-state index contributed by atoms with van der Waals surface area (Å²) in [5.74, 6) is 0. The van der Waals surface area contributed by atoms with Crippen molar-refractivity contribution >= 4 is 0 Å². The lowest BCUT2D eigenvalue weighted by Gasteiger charge is -2.35. The Hall–Kier alpha value is -0.200. The van der Waals surface area contributed by atoms with Gasteiger partial charge in [-0.1, -0.05) is 0 Å². The van der Waals surface area contributed by atoms with Crippen LogP contribution < -0.4 is 0 Å². The molecule has 0 saturated carbocycles. The van der Waals surface area contributed by atoms with Gasteiger partial charge in [-0.05, 0) is 13.8 Å². The topological polar surface area (TPSA) is 79.2 Å².